The molecule has 0 unspecified atom stereocenters. The Morgan fingerprint density at radius 3 is 2.44 bits per heavy atom. The van der Waals surface area contributed by atoms with Crippen LogP contribution in [0.15, 0.2) is 77.1 Å². The molecule has 1 aromatic heterocycles. The Hall–Kier alpha value is -2.59. The number of benzene rings is 3. The molecule has 36 heavy (non-hydrogen) atoms. The van der Waals surface area contributed by atoms with E-state index in [1.165, 1.54) is 0 Å². The lowest BCUT2D eigenvalue weighted by atomic mass is 9.99. The van der Waals surface area contributed by atoms with E-state index >= 15 is 0 Å². The lowest BCUT2D eigenvalue weighted by Gasteiger charge is -2.36. The van der Waals surface area contributed by atoms with Gasteiger partial charge in [0, 0.05) is 24.3 Å². The Morgan fingerprint density at radius 1 is 0.944 bits per heavy atom. The standard InChI is InChI=1S/C28H29N3O3S2/c1-18-30-31-28(36-18)35-17-25-14-26(21-10-8-19(16-32)9-11-21)34-27(33-25)24-7-3-6-23(13-24)22-5-2-4-20(12-22)15-29/h2-13,25-27,32H,14-17,29H2,1H3/t25-,26+,27+/m0/s1. The highest BCUT2D eigenvalue weighted by molar-refractivity contribution is 8.01. The number of aryl methyl sites for hydroxylation is 1. The van der Waals surface area contributed by atoms with E-state index < -0.39 is 6.29 Å². The predicted molar refractivity (Wildman–Crippen MR) is 144 cm³/mol. The van der Waals surface area contributed by atoms with Gasteiger partial charge in [-0.15, -0.1) is 10.2 Å². The third-order valence-corrected chi connectivity index (χ3v) is 8.27. The molecule has 3 N–H and O–H groups in total. The summed E-state index contributed by atoms with van der Waals surface area (Å²) in [5.41, 5.74) is 12.1. The molecule has 0 spiro atoms. The average molecular weight is 520 g/mol. The second-order valence-electron chi connectivity index (χ2n) is 8.78. The van der Waals surface area contributed by atoms with Crippen LogP contribution in [-0.4, -0.2) is 27.2 Å². The molecule has 1 saturated heterocycles. The van der Waals surface area contributed by atoms with E-state index in [-0.39, 0.29) is 18.8 Å². The van der Waals surface area contributed by atoms with Crippen LogP contribution < -0.4 is 5.73 Å². The molecule has 4 aromatic rings. The quantitative estimate of drug-likeness (QED) is 0.284. The number of nitrogens with zero attached hydrogens (tertiary/aromatic N) is 2. The summed E-state index contributed by atoms with van der Waals surface area (Å²) in [6.07, 6.45) is 0.0886. The molecule has 0 saturated carbocycles. The molecule has 0 aliphatic carbocycles. The molecule has 0 radical (unpaired) electrons. The number of hydrogen-bond donors (Lipinski definition) is 2. The molecule has 3 atom stereocenters. The van der Waals surface area contributed by atoms with Gasteiger partial charge in [0.15, 0.2) is 10.6 Å². The minimum absolute atomic E-state index is 0.0234. The zero-order valence-electron chi connectivity index (χ0n) is 20.0. The third-order valence-electron chi connectivity index (χ3n) is 6.17. The van der Waals surface area contributed by atoms with Crippen molar-refractivity contribution in [2.75, 3.05) is 5.75 Å². The van der Waals surface area contributed by atoms with Gasteiger partial charge in [0.2, 0.25) is 0 Å². The van der Waals surface area contributed by atoms with Gasteiger partial charge in [0.1, 0.15) is 5.01 Å². The van der Waals surface area contributed by atoms with Crippen molar-refractivity contribution in [2.45, 2.75) is 49.3 Å². The predicted octanol–water partition coefficient (Wildman–Crippen LogP) is 5.80. The Kier molecular flexibility index (Phi) is 8.11. The van der Waals surface area contributed by atoms with Crippen molar-refractivity contribution in [3.63, 3.8) is 0 Å². The molecule has 3 aromatic carbocycles. The first kappa shape index (κ1) is 25.1. The normalized spacial score (nSPS) is 19.9. The van der Waals surface area contributed by atoms with Crippen LogP contribution >= 0.6 is 23.1 Å². The second kappa shape index (κ2) is 11.6. The van der Waals surface area contributed by atoms with Gasteiger partial charge in [-0.2, -0.15) is 0 Å². The highest BCUT2D eigenvalue weighted by atomic mass is 32.2. The maximum atomic E-state index is 9.43. The molecule has 186 valence electrons. The topological polar surface area (TPSA) is 90.5 Å². The maximum Gasteiger partial charge on any atom is 0.184 e. The van der Waals surface area contributed by atoms with E-state index in [9.17, 15) is 5.11 Å². The van der Waals surface area contributed by atoms with Gasteiger partial charge in [-0.05, 0) is 46.9 Å². The number of aliphatic hydroxyl groups is 1. The summed E-state index contributed by atoms with van der Waals surface area (Å²) in [5.74, 6) is 0.762. The summed E-state index contributed by atoms with van der Waals surface area (Å²) in [6.45, 7) is 2.49. The van der Waals surface area contributed by atoms with Crippen molar-refractivity contribution < 1.29 is 14.6 Å². The summed E-state index contributed by atoms with van der Waals surface area (Å²) in [4.78, 5) is 0. The third kappa shape index (κ3) is 6.03. The minimum Gasteiger partial charge on any atom is -0.392 e. The number of aliphatic hydroxyl groups excluding tert-OH is 1. The van der Waals surface area contributed by atoms with E-state index in [1.807, 2.05) is 49.4 Å². The lowest BCUT2D eigenvalue weighted by Crippen LogP contribution is -2.31. The fourth-order valence-corrected chi connectivity index (χ4v) is 6.13. The fourth-order valence-electron chi connectivity index (χ4n) is 4.27. The Labute approximate surface area is 219 Å². The Bertz CT molecular complexity index is 1300. The van der Waals surface area contributed by atoms with Crippen LogP contribution in [0.5, 0.6) is 0 Å². The summed E-state index contributed by atoms with van der Waals surface area (Å²) in [7, 11) is 0. The van der Waals surface area contributed by atoms with Crippen LogP contribution in [0.25, 0.3) is 11.1 Å². The van der Waals surface area contributed by atoms with Crippen LogP contribution in [0.3, 0.4) is 0 Å². The zero-order valence-corrected chi connectivity index (χ0v) is 21.7. The molecule has 6 nitrogen and oxygen atoms in total. The van der Waals surface area contributed by atoms with Gasteiger partial charge in [-0.3, -0.25) is 0 Å². The van der Waals surface area contributed by atoms with Crippen molar-refractivity contribution >= 4 is 23.1 Å². The molecule has 0 bridgehead atoms. The molecule has 2 heterocycles. The Balaban J connectivity index is 1.40. The highest BCUT2D eigenvalue weighted by Gasteiger charge is 2.32. The summed E-state index contributed by atoms with van der Waals surface area (Å²) in [5, 5.41) is 18.8. The Morgan fingerprint density at radius 2 is 1.72 bits per heavy atom. The van der Waals surface area contributed by atoms with E-state index in [0.717, 1.165) is 54.9 Å². The molecule has 0 amide bonds. The van der Waals surface area contributed by atoms with Crippen LogP contribution in [-0.2, 0) is 22.6 Å². The number of rotatable bonds is 8. The van der Waals surface area contributed by atoms with Gasteiger partial charge in [-0.25, -0.2) is 0 Å². The molecular formula is C28H29N3O3S2. The lowest BCUT2D eigenvalue weighted by molar-refractivity contribution is -0.245. The number of hydrogen-bond acceptors (Lipinski definition) is 8. The summed E-state index contributed by atoms with van der Waals surface area (Å²) in [6, 6.07) is 24.6. The summed E-state index contributed by atoms with van der Waals surface area (Å²) >= 11 is 3.27. The largest absolute Gasteiger partial charge is 0.392 e. The van der Waals surface area contributed by atoms with Crippen LogP contribution in [0, 0.1) is 6.92 Å². The number of aromatic nitrogens is 2. The van der Waals surface area contributed by atoms with Gasteiger partial charge in [0.25, 0.3) is 0 Å². The molecule has 5 rings (SSSR count). The molecule has 1 fully saturated rings. The van der Waals surface area contributed by atoms with E-state index in [2.05, 4.69) is 40.5 Å². The fraction of sp³-hybridized carbons (Fsp3) is 0.286. The molecule has 1 aliphatic heterocycles. The van der Waals surface area contributed by atoms with Crippen molar-refractivity contribution in [3.05, 3.63) is 100 Å². The first-order chi connectivity index (χ1) is 17.6. The van der Waals surface area contributed by atoms with E-state index in [4.69, 9.17) is 15.2 Å². The van der Waals surface area contributed by atoms with E-state index in [1.54, 1.807) is 23.1 Å². The van der Waals surface area contributed by atoms with Gasteiger partial charge in [-0.1, -0.05) is 83.8 Å². The van der Waals surface area contributed by atoms with Gasteiger partial charge >= 0.3 is 0 Å². The first-order valence-electron chi connectivity index (χ1n) is 11.9. The molecular weight excluding hydrogens is 490 g/mol. The molecule has 1 aliphatic rings. The second-order valence-corrected chi connectivity index (χ2v) is 11.2. The zero-order chi connectivity index (χ0) is 24.9. The molecule has 8 heteroatoms. The van der Waals surface area contributed by atoms with E-state index in [0.29, 0.717) is 6.54 Å². The van der Waals surface area contributed by atoms with Crippen molar-refractivity contribution in [3.8, 4) is 11.1 Å². The van der Waals surface area contributed by atoms with Crippen LogP contribution in [0.2, 0.25) is 0 Å². The average Bonchev–Trinajstić information content (AvgIpc) is 3.37. The first-order valence-corrected chi connectivity index (χ1v) is 13.7. The summed E-state index contributed by atoms with van der Waals surface area (Å²) < 4.78 is 14.0. The SMILES string of the molecule is Cc1nnc(SC[C@@H]2C[C@H](c3ccc(CO)cc3)O[C@H](c3cccc(-c4cccc(CN)c4)c3)O2)s1. The minimum atomic E-state index is -0.499. The van der Waals surface area contributed by atoms with Crippen LogP contribution in [0.1, 0.15) is 46.1 Å². The number of nitrogens with two attached hydrogens (primary N) is 1. The number of ether oxygens (including phenoxy) is 2. The number of thioether (sulfide) groups is 1. The van der Waals surface area contributed by atoms with Crippen LogP contribution in [0.4, 0.5) is 0 Å². The monoisotopic (exact) mass is 519 g/mol. The van der Waals surface area contributed by atoms with Gasteiger partial charge < -0.3 is 20.3 Å². The van der Waals surface area contributed by atoms with Crippen molar-refractivity contribution in [1.82, 2.24) is 10.2 Å². The van der Waals surface area contributed by atoms with Gasteiger partial charge in [0.05, 0.1) is 18.8 Å². The van der Waals surface area contributed by atoms with Crippen molar-refractivity contribution in [2.24, 2.45) is 5.73 Å². The smallest absolute Gasteiger partial charge is 0.184 e. The van der Waals surface area contributed by atoms with Crippen molar-refractivity contribution in [1.29, 1.82) is 0 Å². The highest BCUT2D eigenvalue weighted by Crippen LogP contribution is 2.40. The maximum absolute atomic E-state index is 9.43.